The van der Waals surface area contributed by atoms with Crippen LogP contribution in [0.25, 0.3) is 16.9 Å². The molecule has 0 spiro atoms. The summed E-state index contributed by atoms with van der Waals surface area (Å²) in [5.74, 6) is -0.348. The highest BCUT2D eigenvalue weighted by Gasteiger charge is 2.18. The SMILES string of the molecule is CC(=O)NCCNC(=O)c1cn(-c2ccccc2)nc1-c1ccc(C)cc1. The van der Waals surface area contributed by atoms with Crippen molar-refractivity contribution in [3.63, 3.8) is 0 Å². The van der Waals surface area contributed by atoms with Crippen LogP contribution in [0.1, 0.15) is 22.8 Å². The Morgan fingerprint density at radius 1 is 0.963 bits per heavy atom. The Kier molecular flexibility index (Phi) is 5.66. The largest absolute Gasteiger partial charge is 0.355 e. The van der Waals surface area contributed by atoms with Crippen molar-refractivity contribution in [1.82, 2.24) is 20.4 Å². The minimum atomic E-state index is -0.224. The molecule has 1 heterocycles. The zero-order chi connectivity index (χ0) is 19.2. The molecule has 3 rings (SSSR count). The first-order valence-electron chi connectivity index (χ1n) is 8.79. The summed E-state index contributed by atoms with van der Waals surface area (Å²) in [7, 11) is 0. The molecule has 2 aromatic carbocycles. The second-order valence-corrected chi connectivity index (χ2v) is 6.28. The average Bonchev–Trinajstić information content (AvgIpc) is 3.12. The maximum Gasteiger partial charge on any atom is 0.255 e. The number of aryl methyl sites for hydroxylation is 1. The van der Waals surface area contributed by atoms with Gasteiger partial charge in [-0.3, -0.25) is 9.59 Å². The molecule has 0 aliphatic rings. The molecule has 6 heteroatoms. The van der Waals surface area contributed by atoms with Crippen molar-refractivity contribution in [3.05, 3.63) is 71.9 Å². The van der Waals surface area contributed by atoms with Gasteiger partial charge in [0, 0.05) is 31.8 Å². The van der Waals surface area contributed by atoms with E-state index in [0.717, 1.165) is 16.8 Å². The zero-order valence-electron chi connectivity index (χ0n) is 15.4. The van der Waals surface area contributed by atoms with Crippen molar-refractivity contribution in [2.24, 2.45) is 0 Å². The van der Waals surface area contributed by atoms with Gasteiger partial charge in [0.1, 0.15) is 5.69 Å². The fourth-order valence-electron chi connectivity index (χ4n) is 2.69. The summed E-state index contributed by atoms with van der Waals surface area (Å²) >= 11 is 0. The first kappa shape index (κ1) is 18.4. The van der Waals surface area contributed by atoms with Crippen molar-refractivity contribution in [3.8, 4) is 16.9 Å². The van der Waals surface area contributed by atoms with Gasteiger partial charge in [-0.15, -0.1) is 0 Å². The van der Waals surface area contributed by atoms with E-state index in [0.29, 0.717) is 24.3 Å². The lowest BCUT2D eigenvalue weighted by Gasteiger charge is -2.06. The molecule has 0 bridgehead atoms. The predicted molar refractivity (Wildman–Crippen MR) is 105 cm³/mol. The first-order valence-corrected chi connectivity index (χ1v) is 8.79. The molecule has 2 N–H and O–H groups in total. The number of hydrogen-bond donors (Lipinski definition) is 2. The van der Waals surface area contributed by atoms with Gasteiger partial charge in [-0.2, -0.15) is 5.10 Å². The smallest absolute Gasteiger partial charge is 0.255 e. The van der Waals surface area contributed by atoms with Gasteiger partial charge >= 0.3 is 0 Å². The van der Waals surface area contributed by atoms with E-state index in [1.807, 2.05) is 61.5 Å². The third-order valence-corrected chi connectivity index (χ3v) is 4.09. The molecule has 0 fully saturated rings. The van der Waals surface area contributed by atoms with Gasteiger partial charge in [0.15, 0.2) is 0 Å². The van der Waals surface area contributed by atoms with Crippen LogP contribution in [0.3, 0.4) is 0 Å². The molecule has 0 radical (unpaired) electrons. The van der Waals surface area contributed by atoms with E-state index in [2.05, 4.69) is 15.7 Å². The molecule has 0 aliphatic heterocycles. The monoisotopic (exact) mass is 362 g/mol. The number of amides is 2. The standard InChI is InChI=1S/C21H22N4O2/c1-15-8-10-17(11-9-15)20-19(21(27)23-13-12-22-16(2)26)14-25(24-20)18-6-4-3-5-7-18/h3-11,14H,12-13H2,1-2H3,(H,22,26)(H,23,27). The molecule has 0 aliphatic carbocycles. The normalized spacial score (nSPS) is 10.4. The molecule has 27 heavy (non-hydrogen) atoms. The van der Waals surface area contributed by atoms with Crippen LogP contribution < -0.4 is 10.6 Å². The van der Waals surface area contributed by atoms with E-state index in [9.17, 15) is 9.59 Å². The molecule has 138 valence electrons. The van der Waals surface area contributed by atoms with Gasteiger partial charge in [0.25, 0.3) is 5.91 Å². The van der Waals surface area contributed by atoms with Crippen molar-refractivity contribution in [1.29, 1.82) is 0 Å². The predicted octanol–water partition coefficient (Wildman–Crippen LogP) is 2.71. The van der Waals surface area contributed by atoms with Crippen LogP contribution in [-0.2, 0) is 4.79 Å². The zero-order valence-corrected chi connectivity index (χ0v) is 15.4. The molecular weight excluding hydrogens is 340 g/mol. The van der Waals surface area contributed by atoms with E-state index >= 15 is 0 Å². The molecule has 1 aromatic heterocycles. The Morgan fingerprint density at radius 2 is 1.63 bits per heavy atom. The minimum Gasteiger partial charge on any atom is -0.355 e. The van der Waals surface area contributed by atoms with Gasteiger partial charge in [-0.1, -0.05) is 48.0 Å². The Labute approximate surface area is 158 Å². The van der Waals surface area contributed by atoms with E-state index in [1.165, 1.54) is 6.92 Å². The van der Waals surface area contributed by atoms with Gasteiger partial charge < -0.3 is 10.6 Å². The highest BCUT2D eigenvalue weighted by molar-refractivity contribution is 6.00. The number of hydrogen-bond acceptors (Lipinski definition) is 3. The van der Waals surface area contributed by atoms with Crippen LogP contribution in [0.15, 0.2) is 60.8 Å². The van der Waals surface area contributed by atoms with Gasteiger partial charge in [-0.25, -0.2) is 4.68 Å². The highest BCUT2D eigenvalue weighted by atomic mass is 16.2. The first-order chi connectivity index (χ1) is 13.0. The van der Waals surface area contributed by atoms with Gasteiger partial charge in [0.05, 0.1) is 11.3 Å². The number of rotatable bonds is 6. The molecule has 0 saturated heterocycles. The van der Waals surface area contributed by atoms with Gasteiger partial charge in [-0.05, 0) is 19.1 Å². The van der Waals surface area contributed by atoms with E-state index < -0.39 is 0 Å². The van der Waals surface area contributed by atoms with Crippen LogP contribution in [0, 0.1) is 6.92 Å². The topological polar surface area (TPSA) is 76.0 Å². The summed E-state index contributed by atoms with van der Waals surface area (Å²) in [5.41, 5.74) is 4.01. The third kappa shape index (κ3) is 4.61. The molecule has 3 aromatic rings. The number of benzene rings is 2. The maximum atomic E-state index is 12.7. The second kappa shape index (κ2) is 8.31. The van der Waals surface area contributed by atoms with Crippen LogP contribution in [0.5, 0.6) is 0 Å². The lowest BCUT2D eigenvalue weighted by molar-refractivity contribution is -0.118. The maximum absolute atomic E-state index is 12.7. The third-order valence-electron chi connectivity index (χ3n) is 4.09. The molecule has 6 nitrogen and oxygen atoms in total. The number of aromatic nitrogens is 2. The summed E-state index contributed by atoms with van der Waals surface area (Å²) in [6.07, 6.45) is 1.73. The summed E-state index contributed by atoms with van der Waals surface area (Å²) in [6.45, 7) is 4.19. The fourth-order valence-corrected chi connectivity index (χ4v) is 2.69. The molecule has 2 amide bonds. The van der Waals surface area contributed by atoms with E-state index in [1.54, 1.807) is 10.9 Å². The second-order valence-electron chi connectivity index (χ2n) is 6.28. The Hall–Kier alpha value is -3.41. The number of nitrogens with one attached hydrogen (secondary N) is 2. The Balaban J connectivity index is 1.90. The lowest BCUT2D eigenvalue weighted by Crippen LogP contribution is -2.33. The van der Waals surface area contributed by atoms with Crippen LogP contribution in [0.2, 0.25) is 0 Å². The van der Waals surface area contributed by atoms with E-state index in [4.69, 9.17) is 0 Å². The summed E-state index contributed by atoms with van der Waals surface area (Å²) in [5, 5.41) is 10.1. The summed E-state index contributed by atoms with van der Waals surface area (Å²) in [6, 6.07) is 17.6. The fraction of sp³-hybridized carbons (Fsp3) is 0.190. The van der Waals surface area contributed by atoms with Gasteiger partial charge in [0.2, 0.25) is 5.91 Å². The summed E-state index contributed by atoms with van der Waals surface area (Å²) in [4.78, 5) is 23.7. The van der Waals surface area contributed by atoms with Crippen molar-refractivity contribution in [2.45, 2.75) is 13.8 Å². The van der Waals surface area contributed by atoms with Crippen LogP contribution in [-0.4, -0.2) is 34.7 Å². The quantitative estimate of drug-likeness (QED) is 0.662. The minimum absolute atomic E-state index is 0.124. The molecule has 0 saturated carbocycles. The van der Waals surface area contributed by atoms with Crippen LogP contribution in [0.4, 0.5) is 0 Å². The number of carbonyl (C=O) groups excluding carboxylic acids is 2. The summed E-state index contributed by atoms with van der Waals surface area (Å²) < 4.78 is 1.71. The Morgan fingerprint density at radius 3 is 2.30 bits per heavy atom. The van der Waals surface area contributed by atoms with Crippen LogP contribution >= 0.6 is 0 Å². The van der Waals surface area contributed by atoms with E-state index in [-0.39, 0.29) is 11.8 Å². The Bertz CT molecular complexity index is 931. The van der Waals surface area contributed by atoms with Crippen molar-refractivity contribution in [2.75, 3.05) is 13.1 Å². The molecule has 0 unspecified atom stereocenters. The van der Waals surface area contributed by atoms with Crippen molar-refractivity contribution >= 4 is 11.8 Å². The van der Waals surface area contributed by atoms with Crippen molar-refractivity contribution < 1.29 is 9.59 Å². The number of carbonyl (C=O) groups is 2. The lowest BCUT2D eigenvalue weighted by atomic mass is 10.1. The molecular formula is C21H22N4O2. The number of nitrogens with zero attached hydrogens (tertiary/aromatic N) is 2. The highest BCUT2D eigenvalue weighted by Crippen LogP contribution is 2.24. The number of para-hydroxylation sites is 1. The average molecular weight is 362 g/mol. The molecule has 0 atom stereocenters.